The molecule has 0 saturated carbocycles. The molecule has 30 heavy (non-hydrogen) atoms. The second kappa shape index (κ2) is 11.6. The van der Waals surface area contributed by atoms with Gasteiger partial charge in [-0.15, -0.1) is 0 Å². The molecule has 2 N–H and O–H groups in total. The van der Waals surface area contributed by atoms with Gasteiger partial charge < -0.3 is 9.67 Å². The number of hydrogen-bond donors (Lipinski definition) is 2. The van der Waals surface area contributed by atoms with Crippen LogP contribution in [-0.4, -0.2) is 38.5 Å². The largest absolute Gasteiger partial charge is 0.480 e. The molecule has 0 fully saturated rings. The number of benzene rings is 1. The van der Waals surface area contributed by atoms with Crippen molar-refractivity contribution in [2.24, 2.45) is 5.92 Å². The van der Waals surface area contributed by atoms with E-state index in [1.165, 1.54) is 25.3 Å². The molecular weight excluding hydrogens is 378 g/mol. The molecule has 0 radical (unpaired) electrons. The zero-order chi connectivity index (χ0) is 22.1. The molecule has 1 aromatic carbocycles. The van der Waals surface area contributed by atoms with Gasteiger partial charge in [-0.25, -0.2) is 4.98 Å². The van der Waals surface area contributed by atoms with Gasteiger partial charge in [0, 0.05) is 24.9 Å². The van der Waals surface area contributed by atoms with Crippen molar-refractivity contribution < 1.29 is 14.7 Å². The lowest BCUT2D eigenvalue weighted by Gasteiger charge is -2.23. The highest BCUT2D eigenvalue weighted by molar-refractivity contribution is 5.83. The van der Waals surface area contributed by atoms with E-state index in [1.54, 1.807) is 12.5 Å². The molecule has 0 aliphatic rings. The predicted molar refractivity (Wildman–Crippen MR) is 119 cm³/mol. The van der Waals surface area contributed by atoms with Crippen LogP contribution in [0.15, 0.2) is 36.8 Å². The summed E-state index contributed by atoms with van der Waals surface area (Å²) in [4.78, 5) is 28.1. The third-order valence-corrected chi connectivity index (χ3v) is 5.30. The lowest BCUT2D eigenvalue weighted by Crippen LogP contribution is -2.48. The van der Waals surface area contributed by atoms with E-state index in [4.69, 9.17) is 0 Å². The summed E-state index contributed by atoms with van der Waals surface area (Å²) < 4.78 is 1.98. The number of aromatic nitrogens is 2. The molecule has 0 amide bonds. The van der Waals surface area contributed by atoms with Gasteiger partial charge in [0.1, 0.15) is 11.8 Å². The minimum absolute atomic E-state index is 0.0355. The number of imidazole rings is 1. The highest BCUT2D eigenvalue weighted by atomic mass is 16.4. The van der Waals surface area contributed by atoms with E-state index in [9.17, 15) is 14.7 Å². The fourth-order valence-corrected chi connectivity index (χ4v) is 3.54. The summed E-state index contributed by atoms with van der Waals surface area (Å²) in [7, 11) is 0. The van der Waals surface area contributed by atoms with Gasteiger partial charge in [-0.05, 0) is 43.2 Å². The van der Waals surface area contributed by atoms with E-state index >= 15 is 0 Å². The Bertz CT molecular complexity index is 811. The first-order valence-electron chi connectivity index (χ1n) is 10.9. The second-order valence-electron chi connectivity index (χ2n) is 8.49. The summed E-state index contributed by atoms with van der Waals surface area (Å²) in [5.74, 6) is -0.698. The van der Waals surface area contributed by atoms with Crippen LogP contribution in [0.1, 0.15) is 63.8 Å². The summed E-state index contributed by atoms with van der Waals surface area (Å²) in [5.41, 5.74) is 3.31. The maximum Gasteiger partial charge on any atom is 0.321 e. The quantitative estimate of drug-likeness (QED) is 0.521. The number of aryl methyl sites for hydroxylation is 1. The molecule has 2 atom stereocenters. The number of carbonyl (C=O) groups excluding carboxylic acids is 1. The van der Waals surface area contributed by atoms with Gasteiger partial charge in [0.05, 0.1) is 12.4 Å². The zero-order valence-corrected chi connectivity index (χ0v) is 18.6. The first-order valence-corrected chi connectivity index (χ1v) is 10.9. The first kappa shape index (κ1) is 23.8. The minimum atomic E-state index is -0.960. The fraction of sp³-hybridized carbons (Fsp3) is 0.542. The Hall–Kier alpha value is -2.47. The monoisotopic (exact) mass is 413 g/mol. The van der Waals surface area contributed by atoms with Gasteiger partial charge >= 0.3 is 5.97 Å². The molecule has 0 bridgehead atoms. The van der Waals surface area contributed by atoms with Crippen LogP contribution in [0, 0.1) is 5.92 Å². The average molecular weight is 414 g/mol. The standard InChI is InChI=1S/C24H35N3O3/c1-5-6-7-19-8-10-20(11-9-19)15-27-16-25-14-21(27)13-23(24(29)30)26-22(18(4)28)12-17(2)3/h8-11,14,16-17,22-23,26H,5-7,12-13,15H2,1-4H3,(H,29,30). The Labute approximate surface area is 179 Å². The van der Waals surface area contributed by atoms with Crippen molar-refractivity contribution in [3.8, 4) is 0 Å². The lowest BCUT2D eigenvalue weighted by molar-refractivity contribution is -0.139. The van der Waals surface area contributed by atoms with Gasteiger partial charge in [0.15, 0.2) is 0 Å². The lowest BCUT2D eigenvalue weighted by atomic mass is 9.99. The van der Waals surface area contributed by atoms with Crippen LogP contribution in [0.3, 0.4) is 0 Å². The number of rotatable bonds is 13. The van der Waals surface area contributed by atoms with Crippen molar-refractivity contribution in [3.05, 3.63) is 53.6 Å². The Kier molecular flexibility index (Phi) is 9.24. The molecule has 6 heteroatoms. The second-order valence-corrected chi connectivity index (χ2v) is 8.49. The van der Waals surface area contributed by atoms with E-state index in [0.29, 0.717) is 18.9 Å². The zero-order valence-electron chi connectivity index (χ0n) is 18.6. The minimum Gasteiger partial charge on any atom is -0.480 e. The maximum absolute atomic E-state index is 12.0. The molecule has 2 unspecified atom stereocenters. The molecule has 0 spiro atoms. The number of nitrogens with one attached hydrogen (secondary N) is 1. The van der Waals surface area contributed by atoms with Crippen LogP contribution >= 0.6 is 0 Å². The number of carboxylic acid groups (broad SMARTS) is 1. The number of carboxylic acids is 1. The third kappa shape index (κ3) is 7.41. The summed E-state index contributed by atoms with van der Waals surface area (Å²) in [6, 6.07) is 7.26. The smallest absolute Gasteiger partial charge is 0.321 e. The Morgan fingerprint density at radius 3 is 2.37 bits per heavy atom. The van der Waals surface area contributed by atoms with Crippen LogP contribution in [0.5, 0.6) is 0 Å². The molecule has 164 valence electrons. The molecule has 6 nitrogen and oxygen atoms in total. The van der Waals surface area contributed by atoms with Gasteiger partial charge in [-0.1, -0.05) is 51.5 Å². The van der Waals surface area contributed by atoms with Crippen LogP contribution in [-0.2, 0) is 29.0 Å². The molecular formula is C24H35N3O3. The molecule has 0 aliphatic carbocycles. The summed E-state index contributed by atoms with van der Waals surface area (Å²) in [5, 5.41) is 12.8. The first-order chi connectivity index (χ1) is 14.3. The summed E-state index contributed by atoms with van der Waals surface area (Å²) >= 11 is 0. The normalized spacial score (nSPS) is 13.4. The third-order valence-electron chi connectivity index (χ3n) is 5.30. The predicted octanol–water partition coefficient (Wildman–Crippen LogP) is 3.86. The van der Waals surface area contributed by atoms with Gasteiger partial charge in [-0.3, -0.25) is 14.9 Å². The summed E-state index contributed by atoms with van der Waals surface area (Å²) in [6.07, 6.45) is 7.78. The molecule has 2 rings (SSSR count). The number of hydrogen-bond acceptors (Lipinski definition) is 4. The topological polar surface area (TPSA) is 84.2 Å². The number of Topliss-reactive ketones (excluding diaryl/α,β-unsaturated/α-hetero) is 1. The van der Waals surface area contributed by atoms with Crippen LogP contribution < -0.4 is 5.32 Å². The maximum atomic E-state index is 12.0. The fourth-order valence-electron chi connectivity index (χ4n) is 3.54. The molecule has 0 aliphatic heterocycles. The van der Waals surface area contributed by atoms with E-state index in [0.717, 1.165) is 17.7 Å². The Morgan fingerprint density at radius 1 is 1.13 bits per heavy atom. The number of unbranched alkanes of at least 4 members (excludes halogenated alkanes) is 1. The molecule has 2 aromatic rings. The van der Waals surface area contributed by atoms with Crippen molar-refractivity contribution in [3.63, 3.8) is 0 Å². The Balaban J connectivity index is 2.08. The number of carbonyl (C=O) groups is 2. The van der Waals surface area contributed by atoms with Crippen molar-refractivity contribution >= 4 is 11.8 Å². The van der Waals surface area contributed by atoms with E-state index in [2.05, 4.69) is 41.5 Å². The van der Waals surface area contributed by atoms with Crippen LogP contribution in [0.2, 0.25) is 0 Å². The number of aliphatic carboxylic acids is 1. The molecule has 1 heterocycles. The molecule has 0 saturated heterocycles. The van der Waals surface area contributed by atoms with E-state index in [1.807, 2.05) is 18.4 Å². The van der Waals surface area contributed by atoms with Gasteiger partial charge in [-0.2, -0.15) is 0 Å². The SMILES string of the molecule is CCCCc1ccc(Cn2cncc2CC(NC(CC(C)C)C(C)=O)C(=O)O)cc1. The molecule has 1 aromatic heterocycles. The van der Waals surface area contributed by atoms with Crippen molar-refractivity contribution in [2.45, 2.75) is 78.4 Å². The number of ketones is 1. The van der Waals surface area contributed by atoms with Crippen molar-refractivity contribution in [1.82, 2.24) is 14.9 Å². The highest BCUT2D eigenvalue weighted by Crippen LogP contribution is 2.13. The van der Waals surface area contributed by atoms with Crippen LogP contribution in [0.25, 0.3) is 0 Å². The van der Waals surface area contributed by atoms with E-state index < -0.39 is 18.1 Å². The van der Waals surface area contributed by atoms with Crippen LogP contribution in [0.4, 0.5) is 0 Å². The Morgan fingerprint density at radius 2 is 1.80 bits per heavy atom. The highest BCUT2D eigenvalue weighted by Gasteiger charge is 2.26. The van der Waals surface area contributed by atoms with Crippen molar-refractivity contribution in [2.75, 3.05) is 0 Å². The average Bonchev–Trinajstić information content (AvgIpc) is 3.12. The van der Waals surface area contributed by atoms with Gasteiger partial charge in [0.2, 0.25) is 0 Å². The van der Waals surface area contributed by atoms with E-state index in [-0.39, 0.29) is 12.2 Å². The van der Waals surface area contributed by atoms with Crippen molar-refractivity contribution in [1.29, 1.82) is 0 Å². The number of nitrogens with zero attached hydrogens (tertiary/aromatic N) is 2. The van der Waals surface area contributed by atoms with Gasteiger partial charge in [0.25, 0.3) is 0 Å². The summed E-state index contributed by atoms with van der Waals surface area (Å²) in [6.45, 7) is 8.38.